The normalized spacial score (nSPS) is 16.1. The van der Waals surface area contributed by atoms with Gasteiger partial charge in [0.25, 0.3) is 0 Å². The van der Waals surface area contributed by atoms with E-state index in [1.807, 2.05) is 12.1 Å². The van der Waals surface area contributed by atoms with Crippen LogP contribution in [0.2, 0.25) is 0 Å². The monoisotopic (exact) mass is 303 g/mol. The fourth-order valence-electron chi connectivity index (χ4n) is 2.20. The first kappa shape index (κ1) is 16.1. The van der Waals surface area contributed by atoms with E-state index in [9.17, 15) is 9.90 Å². The van der Waals surface area contributed by atoms with E-state index < -0.39 is 5.97 Å². The van der Waals surface area contributed by atoms with Gasteiger partial charge < -0.3 is 14.6 Å². The lowest BCUT2D eigenvalue weighted by molar-refractivity contribution is -0.138. The van der Waals surface area contributed by atoms with Crippen molar-refractivity contribution in [1.82, 2.24) is 0 Å². The zero-order valence-corrected chi connectivity index (χ0v) is 12.9. The number of esters is 1. The lowest BCUT2D eigenvalue weighted by atomic mass is 9.82. The van der Waals surface area contributed by atoms with Crippen molar-refractivity contribution in [2.75, 3.05) is 13.7 Å². The van der Waals surface area contributed by atoms with E-state index in [-0.39, 0.29) is 23.9 Å². The van der Waals surface area contributed by atoms with Crippen LogP contribution in [0.15, 0.2) is 40.6 Å². The summed E-state index contributed by atoms with van der Waals surface area (Å²) in [6.45, 7) is 1.98. The molecule has 0 bridgehead atoms. The van der Waals surface area contributed by atoms with Crippen molar-refractivity contribution in [1.29, 1.82) is 0 Å². The molecule has 1 aromatic carbocycles. The molecule has 0 aromatic heterocycles. The third kappa shape index (κ3) is 3.67. The Balaban J connectivity index is 2.29. The highest BCUT2D eigenvalue weighted by Crippen LogP contribution is 2.33. The number of allylic oxidation sites excluding steroid dienone is 1. The van der Waals surface area contributed by atoms with Gasteiger partial charge in [-0.15, -0.1) is 0 Å². The molecule has 2 rings (SSSR count). The second kappa shape index (κ2) is 7.64. The molecule has 0 amide bonds. The van der Waals surface area contributed by atoms with E-state index in [1.54, 1.807) is 26.2 Å². The second-order valence-corrected chi connectivity index (χ2v) is 5.08. The molecule has 0 spiro atoms. The highest BCUT2D eigenvalue weighted by atomic mass is 16.5. The Labute approximate surface area is 130 Å². The quantitative estimate of drug-likeness (QED) is 0.377. The number of nitrogens with zero attached hydrogens (tertiary/aromatic N) is 1. The Hall–Kier alpha value is -2.30. The Morgan fingerprint density at radius 3 is 2.73 bits per heavy atom. The van der Waals surface area contributed by atoms with Crippen molar-refractivity contribution in [3.05, 3.63) is 35.6 Å². The zero-order valence-electron chi connectivity index (χ0n) is 12.9. The summed E-state index contributed by atoms with van der Waals surface area (Å²) in [7, 11) is 1.56. The highest BCUT2D eigenvalue weighted by molar-refractivity contribution is 6.10. The number of aliphatic hydroxyl groups excluding tert-OH is 1. The number of methoxy groups -OCH3 is 1. The standard InChI is InChI=1S/C17H21NO4/c1-3-22-17(20)13(16(19)12-7-6-8-12)11-18-14-9-4-5-10-15(14)21-2/h4-5,9-12,19H,3,6-8H2,1-2H3/b16-13+,18-11?. The van der Waals surface area contributed by atoms with Gasteiger partial charge >= 0.3 is 5.97 Å². The Morgan fingerprint density at radius 2 is 2.14 bits per heavy atom. The number of carbonyl (C=O) groups excluding carboxylic acids is 1. The third-order valence-corrected chi connectivity index (χ3v) is 3.68. The number of aliphatic hydroxyl groups is 1. The Morgan fingerprint density at radius 1 is 1.41 bits per heavy atom. The van der Waals surface area contributed by atoms with Crippen molar-refractivity contribution < 1.29 is 19.4 Å². The summed E-state index contributed by atoms with van der Waals surface area (Å²) in [5.74, 6) is 0.155. The summed E-state index contributed by atoms with van der Waals surface area (Å²) in [6, 6.07) is 7.23. The van der Waals surface area contributed by atoms with Gasteiger partial charge in [-0.2, -0.15) is 0 Å². The van der Waals surface area contributed by atoms with Crippen molar-refractivity contribution in [3.8, 4) is 5.75 Å². The molecule has 1 aromatic rings. The number of aliphatic imine (C=N–C) groups is 1. The van der Waals surface area contributed by atoms with Crippen molar-refractivity contribution in [2.24, 2.45) is 10.9 Å². The minimum absolute atomic E-state index is 0.0310. The number of ether oxygens (including phenoxy) is 2. The summed E-state index contributed by atoms with van der Waals surface area (Å²) in [5.41, 5.74) is 0.714. The first-order valence-corrected chi connectivity index (χ1v) is 7.44. The summed E-state index contributed by atoms with van der Waals surface area (Å²) in [6.07, 6.45) is 4.20. The van der Waals surface area contributed by atoms with Crippen LogP contribution in [0.3, 0.4) is 0 Å². The fourth-order valence-corrected chi connectivity index (χ4v) is 2.20. The average Bonchev–Trinajstić information content (AvgIpc) is 2.46. The van der Waals surface area contributed by atoms with Gasteiger partial charge in [0, 0.05) is 12.1 Å². The molecule has 22 heavy (non-hydrogen) atoms. The Bertz CT molecular complexity index is 588. The molecule has 0 radical (unpaired) electrons. The number of hydrogen-bond donors (Lipinski definition) is 1. The van der Waals surface area contributed by atoms with E-state index >= 15 is 0 Å². The van der Waals surface area contributed by atoms with Crippen LogP contribution in [0.25, 0.3) is 0 Å². The molecule has 5 heteroatoms. The van der Waals surface area contributed by atoms with Gasteiger partial charge in [0.1, 0.15) is 22.8 Å². The topological polar surface area (TPSA) is 68.1 Å². The molecule has 0 heterocycles. The average molecular weight is 303 g/mol. The molecule has 1 aliphatic rings. The number of benzene rings is 1. The van der Waals surface area contributed by atoms with Gasteiger partial charge in [0.15, 0.2) is 0 Å². The first-order valence-electron chi connectivity index (χ1n) is 7.44. The maximum absolute atomic E-state index is 12.0. The van der Waals surface area contributed by atoms with Gasteiger partial charge in [0.05, 0.1) is 13.7 Å². The largest absolute Gasteiger partial charge is 0.511 e. The number of rotatable bonds is 6. The smallest absolute Gasteiger partial charge is 0.343 e. The van der Waals surface area contributed by atoms with Crippen LogP contribution < -0.4 is 4.74 Å². The molecular formula is C17H21NO4. The minimum atomic E-state index is -0.550. The van der Waals surface area contributed by atoms with E-state index in [0.29, 0.717) is 11.4 Å². The van der Waals surface area contributed by atoms with E-state index in [1.165, 1.54) is 6.21 Å². The zero-order chi connectivity index (χ0) is 15.9. The predicted octanol–water partition coefficient (Wildman–Crippen LogP) is 3.57. The molecule has 1 saturated carbocycles. The van der Waals surface area contributed by atoms with Crippen LogP contribution in [0.1, 0.15) is 26.2 Å². The molecule has 1 N–H and O–H groups in total. The number of hydrogen-bond acceptors (Lipinski definition) is 5. The van der Waals surface area contributed by atoms with Gasteiger partial charge in [-0.3, -0.25) is 4.99 Å². The Kier molecular flexibility index (Phi) is 5.58. The van der Waals surface area contributed by atoms with E-state index in [2.05, 4.69) is 4.99 Å². The van der Waals surface area contributed by atoms with Crippen molar-refractivity contribution in [2.45, 2.75) is 26.2 Å². The van der Waals surface area contributed by atoms with Gasteiger partial charge in [0.2, 0.25) is 0 Å². The van der Waals surface area contributed by atoms with Gasteiger partial charge in [-0.25, -0.2) is 4.79 Å². The molecule has 118 valence electrons. The number of para-hydroxylation sites is 2. The van der Waals surface area contributed by atoms with Crippen LogP contribution >= 0.6 is 0 Å². The van der Waals surface area contributed by atoms with Crippen molar-refractivity contribution in [3.63, 3.8) is 0 Å². The minimum Gasteiger partial charge on any atom is -0.511 e. The van der Waals surface area contributed by atoms with E-state index in [4.69, 9.17) is 9.47 Å². The van der Waals surface area contributed by atoms with Gasteiger partial charge in [-0.05, 0) is 31.9 Å². The lowest BCUT2D eigenvalue weighted by Gasteiger charge is -2.25. The fraction of sp³-hybridized carbons (Fsp3) is 0.412. The summed E-state index contributed by atoms with van der Waals surface area (Å²) in [4.78, 5) is 16.3. The van der Waals surface area contributed by atoms with E-state index in [0.717, 1.165) is 19.3 Å². The van der Waals surface area contributed by atoms with Crippen LogP contribution in [0, 0.1) is 5.92 Å². The second-order valence-electron chi connectivity index (χ2n) is 5.08. The van der Waals surface area contributed by atoms with Crippen LogP contribution in [0.5, 0.6) is 5.75 Å². The SMILES string of the molecule is CCOC(=O)/C(C=Nc1ccccc1OC)=C(/O)C1CCC1. The highest BCUT2D eigenvalue weighted by Gasteiger charge is 2.27. The van der Waals surface area contributed by atoms with Crippen LogP contribution in [-0.2, 0) is 9.53 Å². The van der Waals surface area contributed by atoms with Crippen molar-refractivity contribution >= 4 is 17.9 Å². The van der Waals surface area contributed by atoms with Crippen LogP contribution in [0.4, 0.5) is 5.69 Å². The first-order chi connectivity index (χ1) is 10.7. The molecule has 1 fully saturated rings. The summed E-state index contributed by atoms with van der Waals surface area (Å²) >= 11 is 0. The molecule has 0 saturated heterocycles. The third-order valence-electron chi connectivity index (χ3n) is 3.68. The molecule has 0 aliphatic heterocycles. The van der Waals surface area contributed by atoms with Crippen LogP contribution in [-0.4, -0.2) is 31.0 Å². The predicted molar refractivity (Wildman–Crippen MR) is 84.8 cm³/mol. The summed E-state index contributed by atoms with van der Waals surface area (Å²) < 4.78 is 10.2. The number of carbonyl (C=O) groups is 1. The molecule has 0 unspecified atom stereocenters. The molecular weight excluding hydrogens is 282 g/mol. The maximum atomic E-state index is 12.0. The van der Waals surface area contributed by atoms with Gasteiger partial charge in [-0.1, -0.05) is 18.6 Å². The summed E-state index contributed by atoms with van der Waals surface area (Å²) in [5, 5.41) is 10.3. The molecule has 1 aliphatic carbocycles. The molecule has 0 atom stereocenters. The molecule has 5 nitrogen and oxygen atoms in total. The lowest BCUT2D eigenvalue weighted by Crippen LogP contribution is -2.20. The maximum Gasteiger partial charge on any atom is 0.343 e.